The third-order valence-electron chi connectivity index (χ3n) is 2.97. The molecule has 2 heterocycles. The second-order valence-corrected chi connectivity index (χ2v) is 5.28. The number of likely N-dealkylation sites (tertiary alicyclic amines) is 1. The second-order valence-electron chi connectivity index (χ2n) is 4.39. The molecule has 1 fully saturated rings. The van der Waals surface area contributed by atoms with E-state index in [0.717, 1.165) is 25.2 Å². The Morgan fingerprint density at radius 2 is 2.44 bits per heavy atom. The van der Waals surface area contributed by atoms with Crippen LogP contribution in [-0.2, 0) is 6.54 Å². The normalized spacial score (nSPS) is 26.1. The Morgan fingerprint density at radius 1 is 1.69 bits per heavy atom. The lowest BCUT2D eigenvalue weighted by molar-refractivity contribution is -0.380. The maximum absolute atomic E-state index is 10.5. The summed E-state index contributed by atoms with van der Waals surface area (Å²) >= 11 is 1.19. The zero-order chi connectivity index (χ0) is 11.7. The number of rotatable bonds is 3. The van der Waals surface area contributed by atoms with Crippen LogP contribution >= 0.6 is 11.3 Å². The lowest BCUT2D eigenvalue weighted by atomic mass is 10.1. The van der Waals surface area contributed by atoms with Crippen molar-refractivity contribution in [2.75, 3.05) is 13.1 Å². The smallest absolute Gasteiger partial charge is 0.324 e. The minimum Gasteiger partial charge on any atom is -0.326 e. The van der Waals surface area contributed by atoms with Crippen LogP contribution in [-0.4, -0.2) is 29.0 Å². The highest BCUT2D eigenvalue weighted by atomic mass is 32.1. The molecule has 6 heteroatoms. The number of hydrogen-bond donors (Lipinski definition) is 1. The molecule has 2 atom stereocenters. The van der Waals surface area contributed by atoms with Gasteiger partial charge in [0.05, 0.1) is 4.92 Å². The molecular weight excluding hydrogens is 226 g/mol. The van der Waals surface area contributed by atoms with Crippen LogP contribution in [0.25, 0.3) is 0 Å². The van der Waals surface area contributed by atoms with Crippen molar-refractivity contribution in [1.29, 1.82) is 0 Å². The first kappa shape index (κ1) is 11.5. The van der Waals surface area contributed by atoms with E-state index in [1.807, 2.05) is 5.38 Å². The standard InChI is InChI=1S/C10H15N3O2S/c1-7-3-12(5-9(7)11)4-8-2-10(13(14)15)16-6-8/h2,6-7,9H,3-5,11H2,1H3. The summed E-state index contributed by atoms with van der Waals surface area (Å²) < 4.78 is 0. The van der Waals surface area contributed by atoms with Gasteiger partial charge in [-0.15, -0.1) is 0 Å². The molecule has 0 spiro atoms. The maximum atomic E-state index is 10.5. The molecule has 1 aliphatic heterocycles. The number of thiophene rings is 1. The molecule has 0 saturated carbocycles. The van der Waals surface area contributed by atoms with E-state index in [1.165, 1.54) is 11.3 Å². The van der Waals surface area contributed by atoms with Crippen LogP contribution in [0.1, 0.15) is 12.5 Å². The molecule has 0 bridgehead atoms. The van der Waals surface area contributed by atoms with Gasteiger partial charge in [0.1, 0.15) is 0 Å². The highest BCUT2D eigenvalue weighted by Gasteiger charge is 2.26. The van der Waals surface area contributed by atoms with Crippen molar-refractivity contribution in [1.82, 2.24) is 4.90 Å². The summed E-state index contributed by atoms with van der Waals surface area (Å²) in [6, 6.07) is 1.88. The van der Waals surface area contributed by atoms with Crippen LogP contribution in [0.4, 0.5) is 5.00 Å². The van der Waals surface area contributed by atoms with Gasteiger partial charge in [0.15, 0.2) is 0 Å². The zero-order valence-electron chi connectivity index (χ0n) is 9.13. The van der Waals surface area contributed by atoms with Gasteiger partial charge in [-0.05, 0) is 11.5 Å². The van der Waals surface area contributed by atoms with Crippen molar-refractivity contribution in [3.63, 3.8) is 0 Å². The average molecular weight is 241 g/mol. The minimum absolute atomic E-state index is 0.214. The molecule has 2 rings (SSSR count). The van der Waals surface area contributed by atoms with Crippen LogP contribution in [0.3, 0.4) is 0 Å². The predicted molar refractivity (Wildman–Crippen MR) is 63.4 cm³/mol. The van der Waals surface area contributed by atoms with E-state index in [9.17, 15) is 10.1 Å². The molecule has 2 unspecified atom stereocenters. The molecule has 5 nitrogen and oxygen atoms in total. The van der Waals surface area contributed by atoms with Crippen LogP contribution in [0.2, 0.25) is 0 Å². The number of hydrogen-bond acceptors (Lipinski definition) is 5. The van der Waals surface area contributed by atoms with Crippen molar-refractivity contribution in [3.8, 4) is 0 Å². The second kappa shape index (κ2) is 4.48. The van der Waals surface area contributed by atoms with E-state index in [0.29, 0.717) is 5.92 Å². The van der Waals surface area contributed by atoms with Gasteiger partial charge in [0.2, 0.25) is 0 Å². The van der Waals surface area contributed by atoms with Gasteiger partial charge in [-0.3, -0.25) is 15.0 Å². The summed E-state index contributed by atoms with van der Waals surface area (Å²) in [4.78, 5) is 12.4. The van der Waals surface area contributed by atoms with Gasteiger partial charge >= 0.3 is 5.00 Å². The topological polar surface area (TPSA) is 72.4 Å². The summed E-state index contributed by atoms with van der Waals surface area (Å²) in [5, 5.41) is 12.6. The number of nitro groups is 1. The summed E-state index contributed by atoms with van der Waals surface area (Å²) in [6.45, 7) is 4.76. The molecule has 0 radical (unpaired) electrons. The average Bonchev–Trinajstić information content (AvgIpc) is 2.76. The summed E-state index contributed by atoms with van der Waals surface area (Å²) in [7, 11) is 0. The molecule has 0 aliphatic carbocycles. The quantitative estimate of drug-likeness (QED) is 0.642. The largest absolute Gasteiger partial charge is 0.326 e. The van der Waals surface area contributed by atoms with E-state index in [4.69, 9.17) is 5.73 Å². The molecule has 1 aliphatic rings. The van der Waals surface area contributed by atoms with Gasteiger partial charge in [-0.1, -0.05) is 18.3 Å². The van der Waals surface area contributed by atoms with Crippen LogP contribution < -0.4 is 5.73 Å². The SMILES string of the molecule is CC1CN(Cc2csc([N+](=O)[O-])c2)CC1N. The highest BCUT2D eigenvalue weighted by molar-refractivity contribution is 7.13. The first-order chi connectivity index (χ1) is 7.56. The lowest BCUT2D eigenvalue weighted by Crippen LogP contribution is -2.28. The van der Waals surface area contributed by atoms with E-state index < -0.39 is 0 Å². The van der Waals surface area contributed by atoms with E-state index in [1.54, 1.807) is 6.07 Å². The third-order valence-corrected chi connectivity index (χ3v) is 3.90. The highest BCUT2D eigenvalue weighted by Crippen LogP contribution is 2.25. The third kappa shape index (κ3) is 2.40. The Hall–Kier alpha value is -0.980. The number of nitrogens with two attached hydrogens (primary N) is 1. The van der Waals surface area contributed by atoms with Crippen LogP contribution in [0.5, 0.6) is 0 Å². The summed E-state index contributed by atoms with van der Waals surface area (Å²) in [6.07, 6.45) is 0. The van der Waals surface area contributed by atoms with Crippen LogP contribution in [0.15, 0.2) is 11.4 Å². The van der Waals surface area contributed by atoms with Crippen molar-refractivity contribution in [2.24, 2.45) is 11.7 Å². The van der Waals surface area contributed by atoms with Gasteiger partial charge in [0, 0.05) is 37.1 Å². The molecule has 0 amide bonds. The zero-order valence-corrected chi connectivity index (χ0v) is 9.94. The fraction of sp³-hybridized carbons (Fsp3) is 0.600. The van der Waals surface area contributed by atoms with Gasteiger partial charge in [-0.25, -0.2) is 0 Å². The van der Waals surface area contributed by atoms with Crippen LogP contribution in [0, 0.1) is 16.0 Å². The molecule has 2 N–H and O–H groups in total. The van der Waals surface area contributed by atoms with E-state index >= 15 is 0 Å². The van der Waals surface area contributed by atoms with Crippen molar-refractivity contribution >= 4 is 16.3 Å². The lowest BCUT2D eigenvalue weighted by Gasteiger charge is -2.13. The Labute approximate surface area is 98.0 Å². The first-order valence-corrected chi connectivity index (χ1v) is 6.14. The summed E-state index contributed by atoms with van der Waals surface area (Å²) in [5.41, 5.74) is 6.94. The molecule has 1 aromatic heterocycles. The molecule has 1 saturated heterocycles. The first-order valence-electron chi connectivity index (χ1n) is 5.26. The molecular formula is C10H15N3O2S. The Morgan fingerprint density at radius 3 is 2.94 bits per heavy atom. The Bertz CT molecular complexity index is 383. The molecule has 1 aromatic rings. The maximum Gasteiger partial charge on any atom is 0.324 e. The summed E-state index contributed by atoms with van der Waals surface area (Å²) in [5.74, 6) is 0.508. The molecule has 16 heavy (non-hydrogen) atoms. The van der Waals surface area contributed by atoms with Crippen molar-refractivity contribution < 1.29 is 4.92 Å². The van der Waals surface area contributed by atoms with Crippen molar-refractivity contribution in [3.05, 3.63) is 27.1 Å². The van der Waals surface area contributed by atoms with Gasteiger partial charge < -0.3 is 5.73 Å². The van der Waals surface area contributed by atoms with Crippen molar-refractivity contribution in [2.45, 2.75) is 19.5 Å². The Kier molecular flexibility index (Phi) is 3.22. The van der Waals surface area contributed by atoms with Gasteiger partial charge in [-0.2, -0.15) is 0 Å². The fourth-order valence-corrected chi connectivity index (χ4v) is 2.74. The molecule has 0 aromatic carbocycles. The molecule has 88 valence electrons. The minimum atomic E-state index is -0.341. The monoisotopic (exact) mass is 241 g/mol. The van der Waals surface area contributed by atoms with Gasteiger partial charge in [0.25, 0.3) is 0 Å². The predicted octanol–water partition coefficient (Wildman–Crippen LogP) is 1.44. The Balaban J connectivity index is 1.97. The fourth-order valence-electron chi connectivity index (χ4n) is 2.02. The van der Waals surface area contributed by atoms with E-state index in [2.05, 4.69) is 11.8 Å². The number of nitrogens with zero attached hydrogens (tertiary/aromatic N) is 2. The van der Waals surface area contributed by atoms with E-state index in [-0.39, 0.29) is 16.0 Å².